The molecule has 10 nitrogen and oxygen atoms in total. The van der Waals surface area contributed by atoms with E-state index in [4.69, 9.17) is 0 Å². The molecule has 0 spiro atoms. The van der Waals surface area contributed by atoms with Crippen molar-refractivity contribution in [3.63, 3.8) is 0 Å². The van der Waals surface area contributed by atoms with Gasteiger partial charge in [-0.2, -0.15) is 0 Å². The molecule has 37 heavy (non-hydrogen) atoms. The maximum Gasteiger partial charge on any atom is 0.247 e. The van der Waals surface area contributed by atoms with Gasteiger partial charge in [-0.1, -0.05) is 26.2 Å². The van der Waals surface area contributed by atoms with Crippen LogP contribution in [0.3, 0.4) is 0 Å². The van der Waals surface area contributed by atoms with Crippen molar-refractivity contribution in [1.82, 2.24) is 19.6 Å². The fraction of sp³-hybridized carbons (Fsp3) is 0.800. The van der Waals surface area contributed by atoms with Crippen LogP contribution in [-0.2, 0) is 15.7 Å². The van der Waals surface area contributed by atoms with Crippen LogP contribution in [0.1, 0.15) is 51.1 Å². The summed E-state index contributed by atoms with van der Waals surface area (Å²) in [5, 5.41) is 9.15. The Morgan fingerprint density at radius 1 is 0.946 bits per heavy atom. The standard InChI is InChI=1S/C25H47N5O5P2/c1-2-3-4-10-25(36(32)33)37(34,35)23-29-14-8-12-26-16-17-27(19-21-29)11-7-13-28(20-18-26)22-24-9-5-6-15-30(24)31/h5-6,9,15,25,36H,2-4,7-8,10-14,16-23H2,1H3,(H2-,31,32,33,34,35)/p+1. The molecule has 2 aliphatic rings. The lowest BCUT2D eigenvalue weighted by Gasteiger charge is -2.36. The minimum Gasteiger partial charge on any atom is -0.346 e. The fourth-order valence-corrected chi connectivity index (χ4v) is 9.09. The minimum atomic E-state index is -3.78. The maximum absolute atomic E-state index is 13.3. The van der Waals surface area contributed by atoms with E-state index >= 15 is 0 Å². The molecule has 0 saturated carbocycles. The van der Waals surface area contributed by atoms with Crippen molar-refractivity contribution in [2.45, 2.75) is 57.4 Å². The first-order valence-electron chi connectivity index (χ1n) is 13.9. The van der Waals surface area contributed by atoms with E-state index in [0.29, 0.717) is 32.5 Å². The molecule has 5 unspecified atom stereocenters. The third kappa shape index (κ3) is 10.3. The summed E-state index contributed by atoms with van der Waals surface area (Å²) in [4.78, 5) is 30.2. The highest BCUT2D eigenvalue weighted by atomic mass is 31.2. The highest BCUT2D eigenvalue weighted by molar-refractivity contribution is 7.69. The molecule has 0 radical (unpaired) electrons. The first kappa shape index (κ1) is 30.7. The first-order chi connectivity index (χ1) is 17.8. The van der Waals surface area contributed by atoms with Crippen molar-refractivity contribution in [1.29, 1.82) is 0 Å². The maximum atomic E-state index is 13.3. The third-order valence-corrected chi connectivity index (χ3v) is 12.4. The summed E-state index contributed by atoms with van der Waals surface area (Å²) in [5.41, 5.74) is 0.881. The predicted molar refractivity (Wildman–Crippen MR) is 147 cm³/mol. The molecule has 0 aromatic carbocycles. The molecule has 12 heteroatoms. The quantitative estimate of drug-likeness (QED) is 0.172. The van der Waals surface area contributed by atoms with Gasteiger partial charge in [-0.05, 0) is 51.5 Å². The van der Waals surface area contributed by atoms with E-state index in [9.17, 15) is 24.1 Å². The van der Waals surface area contributed by atoms with E-state index in [1.807, 2.05) is 18.2 Å². The summed E-state index contributed by atoms with van der Waals surface area (Å²) in [6.45, 7) is 11.6. The topological polar surface area (TPSA) is 112 Å². The average Bonchev–Trinajstić information content (AvgIpc) is 2.86. The number of unbranched alkanes of at least 4 members (excludes halogenated alkanes) is 2. The second-order valence-corrected chi connectivity index (χ2v) is 14.8. The van der Waals surface area contributed by atoms with Crippen molar-refractivity contribution in [2.24, 2.45) is 0 Å². The van der Waals surface area contributed by atoms with Gasteiger partial charge in [-0.3, -0.25) is 24.1 Å². The molecule has 1 aromatic rings. The molecule has 3 rings (SSSR count). The Labute approximate surface area is 223 Å². The molecule has 2 fully saturated rings. The smallest absolute Gasteiger partial charge is 0.247 e. The van der Waals surface area contributed by atoms with Gasteiger partial charge in [-0.15, -0.1) is 0 Å². The number of pyridine rings is 1. The monoisotopic (exact) mass is 560 g/mol. The SMILES string of the molecule is CCCCCC([PH](=O)O)P(=O)(O)CN1CCCN2CCN(CCCN(Cc3cccc[n+]3O)CC2)CC1. The van der Waals surface area contributed by atoms with Crippen LogP contribution in [0.15, 0.2) is 24.4 Å². The zero-order valence-electron chi connectivity index (χ0n) is 22.5. The van der Waals surface area contributed by atoms with Crippen molar-refractivity contribution < 1.29 is 28.9 Å². The van der Waals surface area contributed by atoms with Gasteiger partial charge in [0.15, 0.2) is 0 Å². The van der Waals surface area contributed by atoms with Gasteiger partial charge in [0.1, 0.15) is 5.40 Å². The zero-order chi connectivity index (χ0) is 26.7. The van der Waals surface area contributed by atoms with E-state index in [1.165, 1.54) is 4.73 Å². The van der Waals surface area contributed by atoms with E-state index < -0.39 is 20.8 Å². The highest BCUT2D eigenvalue weighted by Crippen LogP contribution is 2.57. The molecule has 2 saturated heterocycles. The molecule has 0 aliphatic carbocycles. The van der Waals surface area contributed by atoms with Gasteiger partial charge in [-0.25, -0.2) is 0 Å². The van der Waals surface area contributed by atoms with Crippen molar-refractivity contribution in [3.05, 3.63) is 30.1 Å². The Bertz CT molecular complexity index is 895. The molecule has 2 bridgehead atoms. The Morgan fingerprint density at radius 2 is 1.57 bits per heavy atom. The lowest BCUT2D eigenvalue weighted by atomic mass is 10.2. The molecular weight excluding hydrogens is 512 g/mol. The van der Waals surface area contributed by atoms with E-state index in [-0.39, 0.29) is 6.29 Å². The molecule has 5 atom stereocenters. The highest BCUT2D eigenvalue weighted by Gasteiger charge is 2.36. The van der Waals surface area contributed by atoms with Crippen LogP contribution in [0.5, 0.6) is 0 Å². The summed E-state index contributed by atoms with van der Waals surface area (Å²) < 4.78 is 26.5. The molecule has 1 aromatic heterocycles. The van der Waals surface area contributed by atoms with E-state index in [2.05, 4.69) is 26.5 Å². The van der Waals surface area contributed by atoms with Crippen molar-refractivity contribution >= 4 is 15.4 Å². The number of fused-ring (bicyclic) bond motifs is 3. The van der Waals surface area contributed by atoms with Crippen LogP contribution < -0.4 is 4.73 Å². The Balaban J connectivity index is 1.61. The number of hydrogen-bond donors (Lipinski definition) is 3. The third-order valence-electron chi connectivity index (χ3n) is 7.66. The summed E-state index contributed by atoms with van der Waals surface area (Å²) in [5.74, 6) is 0. The average molecular weight is 561 g/mol. The molecule has 0 amide bonds. The van der Waals surface area contributed by atoms with Crippen LogP contribution in [-0.4, -0.2) is 112 Å². The van der Waals surface area contributed by atoms with Gasteiger partial charge in [0.2, 0.25) is 27.3 Å². The lowest BCUT2D eigenvalue weighted by molar-refractivity contribution is -0.910. The fourth-order valence-electron chi connectivity index (χ4n) is 5.37. The van der Waals surface area contributed by atoms with Crippen LogP contribution in [0.4, 0.5) is 0 Å². The summed E-state index contributed by atoms with van der Waals surface area (Å²) >= 11 is 0. The van der Waals surface area contributed by atoms with Gasteiger partial charge in [0, 0.05) is 56.1 Å². The van der Waals surface area contributed by atoms with Crippen LogP contribution in [0, 0.1) is 0 Å². The summed E-state index contributed by atoms with van der Waals surface area (Å²) in [6, 6.07) is 5.73. The van der Waals surface area contributed by atoms with E-state index in [0.717, 1.165) is 83.7 Å². The van der Waals surface area contributed by atoms with Gasteiger partial charge in [0.25, 0.3) is 0 Å². The second kappa shape index (κ2) is 15.7. The molecule has 2 aliphatic heterocycles. The van der Waals surface area contributed by atoms with Crippen molar-refractivity contribution in [3.8, 4) is 0 Å². The number of hydrogen-bond acceptors (Lipinski definition) is 7. The van der Waals surface area contributed by atoms with Crippen LogP contribution in [0.25, 0.3) is 0 Å². The number of nitrogens with zero attached hydrogens (tertiary/aromatic N) is 5. The van der Waals surface area contributed by atoms with Crippen LogP contribution >= 0.6 is 15.4 Å². The van der Waals surface area contributed by atoms with Gasteiger partial charge in [0.05, 0.1) is 12.8 Å². The largest absolute Gasteiger partial charge is 0.346 e. The Kier molecular flexibility index (Phi) is 13.0. The molecular formula is C25H48N5O5P2+. The molecule has 3 N–H and O–H groups in total. The first-order valence-corrected chi connectivity index (χ1v) is 17.3. The predicted octanol–water partition coefficient (Wildman–Crippen LogP) is 2.33. The van der Waals surface area contributed by atoms with E-state index in [1.54, 1.807) is 6.20 Å². The summed E-state index contributed by atoms with van der Waals surface area (Å²) in [7, 11) is -6.85. The van der Waals surface area contributed by atoms with Gasteiger partial charge < -0.3 is 19.6 Å². The number of rotatable bonds is 10. The molecule has 3 heterocycles. The van der Waals surface area contributed by atoms with Crippen LogP contribution in [0.2, 0.25) is 0 Å². The normalized spacial score (nSPS) is 26.2. The second-order valence-electron chi connectivity index (χ2n) is 10.6. The number of aromatic nitrogens is 1. The zero-order valence-corrected chi connectivity index (χ0v) is 24.4. The lowest BCUT2D eigenvalue weighted by Crippen LogP contribution is -2.47. The van der Waals surface area contributed by atoms with Crippen molar-refractivity contribution in [2.75, 3.05) is 71.7 Å². The minimum absolute atomic E-state index is 0.000607. The summed E-state index contributed by atoms with van der Waals surface area (Å²) in [6.07, 6.45) is 6.51. The van der Waals surface area contributed by atoms with Gasteiger partial charge >= 0.3 is 0 Å². The molecule has 212 valence electrons. The Morgan fingerprint density at radius 3 is 2.19 bits per heavy atom. The Hall–Kier alpha value is -0.830.